The lowest BCUT2D eigenvalue weighted by Crippen LogP contribution is -2.62. The highest BCUT2D eigenvalue weighted by molar-refractivity contribution is 6.30. The number of carbonyl (C=O) groups is 2. The summed E-state index contributed by atoms with van der Waals surface area (Å²) >= 11 is 6.44. The highest BCUT2D eigenvalue weighted by atomic mass is 35.5. The number of hydrogen-bond acceptors (Lipinski definition) is 5. The lowest BCUT2D eigenvalue weighted by molar-refractivity contribution is -0.138. The standard InChI is InChI=1S/C34H42ClN5O3/c1-23-11-14-37(19-23)20-24-12-15-39(21-24)32(41)29-22-38(16-17-40(29)33(42)43-34(2,3)4)31-28-10-9-27(35)18-26(28)8-7-25-6-5-13-36-30(25)31/h5-6,9-11,13-14,18-19,24,29,31H,7-8,12,15-17,20-22H2,1-4H3/t24-,29-,31?/m1/s1. The molecule has 1 aliphatic carbocycles. The zero-order chi connectivity index (χ0) is 30.3. The van der Waals surface area contributed by atoms with Gasteiger partial charge >= 0.3 is 6.09 Å². The number of rotatable bonds is 4. The Bertz CT molecular complexity index is 1500. The van der Waals surface area contributed by atoms with Gasteiger partial charge in [0.2, 0.25) is 5.91 Å². The van der Waals surface area contributed by atoms with Crippen molar-refractivity contribution in [2.75, 3.05) is 32.7 Å². The Kier molecular flexibility index (Phi) is 8.26. The lowest BCUT2D eigenvalue weighted by Gasteiger charge is -2.44. The van der Waals surface area contributed by atoms with Gasteiger partial charge in [0.05, 0.1) is 11.7 Å². The van der Waals surface area contributed by atoms with Gasteiger partial charge in [0.25, 0.3) is 0 Å². The number of halogens is 1. The van der Waals surface area contributed by atoms with Crippen LogP contribution in [0.2, 0.25) is 5.02 Å². The third kappa shape index (κ3) is 6.46. The van der Waals surface area contributed by atoms with Crippen molar-refractivity contribution in [3.63, 3.8) is 0 Å². The molecule has 3 aromatic rings. The van der Waals surface area contributed by atoms with Crippen molar-refractivity contribution < 1.29 is 14.3 Å². The fourth-order valence-corrected chi connectivity index (χ4v) is 7.10. The van der Waals surface area contributed by atoms with Gasteiger partial charge in [0.1, 0.15) is 11.6 Å². The first-order valence-electron chi connectivity index (χ1n) is 15.4. The van der Waals surface area contributed by atoms with Crippen molar-refractivity contribution in [1.82, 2.24) is 24.3 Å². The van der Waals surface area contributed by atoms with Crippen molar-refractivity contribution in [3.8, 4) is 0 Å². The summed E-state index contributed by atoms with van der Waals surface area (Å²) in [6, 6.07) is 11.6. The van der Waals surface area contributed by atoms with Crippen molar-refractivity contribution in [2.45, 2.75) is 71.2 Å². The summed E-state index contributed by atoms with van der Waals surface area (Å²) in [5, 5.41) is 0.720. The Labute approximate surface area is 259 Å². The SMILES string of the molecule is Cc1ccn(C[C@H]2CCN(C(=O)[C@H]3CN(C4c5ccc(Cl)cc5CCc5cccnc54)CCN3C(=O)OC(C)(C)C)C2)c1. The molecule has 0 radical (unpaired) electrons. The molecule has 2 amide bonds. The quantitative estimate of drug-likeness (QED) is 0.394. The molecule has 0 bridgehead atoms. The fourth-order valence-electron chi connectivity index (χ4n) is 6.91. The number of aromatic nitrogens is 2. The van der Waals surface area contributed by atoms with Gasteiger partial charge in [-0.3, -0.25) is 19.6 Å². The molecule has 43 heavy (non-hydrogen) atoms. The largest absolute Gasteiger partial charge is 0.444 e. The molecule has 1 unspecified atom stereocenters. The van der Waals surface area contributed by atoms with E-state index in [9.17, 15) is 9.59 Å². The van der Waals surface area contributed by atoms with Crippen LogP contribution in [0.5, 0.6) is 0 Å². The first kappa shape index (κ1) is 29.7. The van der Waals surface area contributed by atoms with Crippen LogP contribution in [0.1, 0.15) is 61.2 Å². The molecule has 228 valence electrons. The van der Waals surface area contributed by atoms with E-state index in [-0.39, 0.29) is 11.9 Å². The molecular weight excluding hydrogens is 562 g/mol. The predicted octanol–water partition coefficient (Wildman–Crippen LogP) is 5.50. The van der Waals surface area contributed by atoms with Gasteiger partial charge in [-0.05, 0) is 99.4 Å². The van der Waals surface area contributed by atoms with Crippen LogP contribution in [0, 0.1) is 12.8 Å². The second-order valence-electron chi connectivity index (χ2n) is 13.3. The molecule has 2 aromatic heterocycles. The molecule has 3 atom stereocenters. The number of hydrogen-bond donors (Lipinski definition) is 0. The molecule has 2 aliphatic heterocycles. The maximum atomic E-state index is 14.3. The summed E-state index contributed by atoms with van der Waals surface area (Å²) in [5.41, 5.74) is 5.18. The van der Waals surface area contributed by atoms with Gasteiger partial charge in [-0.2, -0.15) is 0 Å². The third-order valence-corrected chi connectivity index (χ3v) is 9.14. The second kappa shape index (κ2) is 12.0. The van der Waals surface area contributed by atoms with Crippen LogP contribution in [0.4, 0.5) is 4.79 Å². The smallest absolute Gasteiger partial charge is 0.411 e. The Hall–Kier alpha value is -3.36. The molecule has 0 saturated carbocycles. The van der Waals surface area contributed by atoms with E-state index in [0.29, 0.717) is 38.6 Å². The summed E-state index contributed by atoms with van der Waals surface area (Å²) in [4.78, 5) is 38.7. The van der Waals surface area contributed by atoms with Crippen LogP contribution in [0.3, 0.4) is 0 Å². The minimum atomic E-state index is -0.655. The number of benzene rings is 1. The van der Waals surface area contributed by atoms with Gasteiger partial charge < -0.3 is 14.2 Å². The number of nitrogens with zero attached hydrogens (tertiary/aromatic N) is 5. The highest BCUT2D eigenvalue weighted by Crippen LogP contribution is 2.38. The molecule has 2 fully saturated rings. The van der Waals surface area contributed by atoms with E-state index in [1.807, 2.05) is 44.0 Å². The van der Waals surface area contributed by atoms with Crippen LogP contribution >= 0.6 is 11.6 Å². The van der Waals surface area contributed by atoms with Gasteiger partial charge in [-0.15, -0.1) is 0 Å². The van der Waals surface area contributed by atoms with Crippen LogP contribution in [0.25, 0.3) is 0 Å². The molecule has 8 nitrogen and oxygen atoms in total. The maximum absolute atomic E-state index is 14.3. The van der Waals surface area contributed by atoms with E-state index in [0.717, 1.165) is 36.5 Å². The normalized spacial score (nSPS) is 22.6. The molecule has 3 aliphatic rings. The summed E-state index contributed by atoms with van der Waals surface area (Å²) in [6.45, 7) is 11.3. The van der Waals surface area contributed by atoms with E-state index in [4.69, 9.17) is 21.3 Å². The van der Waals surface area contributed by atoms with Crippen molar-refractivity contribution in [3.05, 3.63) is 88.0 Å². The van der Waals surface area contributed by atoms with Gasteiger partial charge in [-0.25, -0.2) is 4.79 Å². The maximum Gasteiger partial charge on any atom is 0.411 e. The average molecular weight is 604 g/mol. The van der Waals surface area contributed by atoms with E-state index < -0.39 is 17.7 Å². The van der Waals surface area contributed by atoms with E-state index in [2.05, 4.69) is 53.0 Å². The number of aryl methyl sites for hydroxylation is 3. The molecule has 4 heterocycles. The number of likely N-dealkylation sites (tertiary alicyclic amines) is 1. The highest BCUT2D eigenvalue weighted by Gasteiger charge is 2.44. The Balaban J connectivity index is 1.29. The van der Waals surface area contributed by atoms with Gasteiger partial charge in [-0.1, -0.05) is 23.7 Å². The number of carbonyl (C=O) groups excluding carboxylic acids is 2. The topological polar surface area (TPSA) is 70.9 Å². The Morgan fingerprint density at radius 1 is 1.05 bits per heavy atom. The van der Waals surface area contributed by atoms with Crippen LogP contribution in [0.15, 0.2) is 55.0 Å². The molecular formula is C34H42ClN5O3. The molecule has 1 aromatic carbocycles. The van der Waals surface area contributed by atoms with Crippen molar-refractivity contribution in [2.24, 2.45) is 5.92 Å². The fraction of sp³-hybridized carbons (Fsp3) is 0.500. The minimum absolute atomic E-state index is 0.00654. The van der Waals surface area contributed by atoms with Gasteiger partial charge in [0.15, 0.2) is 0 Å². The second-order valence-corrected chi connectivity index (χ2v) is 13.7. The number of pyridine rings is 1. The minimum Gasteiger partial charge on any atom is -0.444 e. The first-order valence-corrected chi connectivity index (χ1v) is 15.8. The Morgan fingerprint density at radius 3 is 2.63 bits per heavy atom. The number of fused-ring (bicyclic) bond motifs is 2. The molecule has 9 heteroatoms. The van der Waals surface area contributed by atoms with Crippen LogP contribution < -0.4 is 0 Å². The third-order valence-electron chi connectivity index (χ3n) is 8.90. The summed E-state index contributed by atoms with van der Waals surface area (Å²) in [6.07, 6.45) is 8.37. The molecule has 2 saturated heterocycles. The first-order chi connectivity index (χ1) is 20.6. The molecule has 0 N–H and O–H groups in total. The van der Waals surface area contributed by atoms with E-state index >= 15 is 0 Å². The molecule has 6 rings (SSSR count). The number of piperazine rings is 1. The van der Waals surface area contributed by atoms with Crippen molar-refractivity contribution >= 4 is 23.6 Å². The van der Waals surface area contributed by atoms with Crippen LogP contribution in [-0.4, -0.2) is 80.6 Å². The van der Waals surface area contributed by atoms with E-state index in [1.54, 1.807) is 4.90 Å². The predicted molar refractivity (Wildman–Crippen MR) is 167 cm³/mol. The number of ether oxygens (including phenoxy) is 1. The number of amides is 2. The van der Waals surface area contributed by atoms with Gasteiger partial charge in [0, 0.05) is 62.9 Å². The summed E-state index contributed by atoms with van der Waals surface area (Å²) in [5.74, 6) is 0.368. The Morgan fingerprint density at radius 2 is 1.86 bits per heavy atom. The zero-order valence-electron chi connectivity index (χ0n) is 25.6. The lowest BCUT2D eigenvalue weighted by atomic mass is 9.95. The monoisotopic (exact) mass is 603 g/mol. The van der Waals surface area contributed by atoms with Crippen molar-refractivity contribution in [1.29, 1.82) is 0 Å². The summed E-state index contributed by atoms with van der Waals surface area (Å²) in [7, 11) is 0. The zero-order valence-corrected chi connectivity index (χ0v) is 26.4. The summed E-state index contributed by atoms with van der Waals surface area (Å²) < 4.78 is 8.03. The molecule has 0 spiro atoms. The van der Waals surface area contributed by atoms with E-state index in [1.165, 1.54) is 22.3 Å². The average Bonchev–Trinajstić information content (AvgIpc) is 3.56. The van der Waals surface area contributed by atoms with Crippen LogP contribution in [-0.2, 0) is 28.9 Å².